The number of anilines is 1. The number of H-pyrrole nitrogens is 2. The molecule has 2 heterocycles. The number of nitrogens with zero attached hydrogens (tertiary/aromatic N) is 3. The molecule has 0 radical (unpaired) electrons. The standard InChI is InChI=1S/C15H10N6/c16-6-9(14-12(7-17)15(18)21-20-14)5-10-8-19-13-4-2-1-3-11(10)13/h1-5,8,19H,(H3,18,20,21)/b9-5-. The van der Waals surface area contributed by atoms with Gasteiger partial charge in [0.15, 0.2) is 5.82 Å². The van der Waals surface area contributed by atoms with E-state index in [2.05, 4.69) is 21.3 Å². The van der Waals surface area contributed by atoms with Gasteiger partial charge in [-0.05, 0) is 12.1 Å². The molecule has 6 nitrogen and oxygen atoms in total. The van der Waals surface area contributed by atoms with Gasteiger partial charge in [0.25, 0.3) is 0 Å². The summed E-state index contributed by atoms with van der Waals surface area (Å²) in [5.74, 6) is 0.0903. The highest BCUT2D eigenvalue weighted by Crippen LogP contribution is 2.25. The highest BCUT2D eigenvalue weighted by Gasteiger charge is 2.15. The van der Waals surface area contributed by atoms with Gasteiger partial charge < -0.3 is 10.7 Å². The number of benzene rings is 1. The Kier molecular flexibility index (Phi) is 2.91. The number of allylic oxidation sites excluding steroid dienone is 1. The molecule has 0 saturated heterocycles. The summed E-state index contributed by atoms with van der Waals surface area (Å²) in [6.45, 7) is 0. The minimum absolute atomic E-state index is 0.0903. The zero-order valence-corrected chi connectivity index (χ0v) is 10.9. The molecule has 0 bridgehead atoms. The van der Waals surface area contributed by atoms with Gasteiger partial charge in [0.2, 0.25) is 0 Å². The quantitative estimate of drug-likeness (QED) is 0.622. The van der Waals surface area contributed by atoms with Crippen LogP contribution < -0.4 is 5.73 Å². The minimum Gasteiger partial charge on any atom is -0.381 e. The first-order valence-corrected chi connectivity index (χ1v) is 6.17. The van der Waals surface area contributed by atoms with Gasteiger partial charge in [0.1, 0.15) is 17.7 Å². The fourth-order valence-electron chi connectivity index (χ4n) is 2.19. The van der Waals surface area contributed by atoms with Crippen molar-refractivity contribution >= 4 is 28.4 Å². The summed E-state index contributed by atoms with van der Waals surface area (Å²) in [7, 11) is 0. The van der Waals surface area contributed by atoms with E-state index in [1.807, 2.05) is 36.5 Å². The molecular formula is C15H10N6. The zero-order valence-electron chi connectivity index (χ0n) is 10.9. The number of aromatic nitrogens is 3. The fourth-order valence-corrected chi connectivity index (χ4v) is 2.19. The van der Waals surface area contributed by atoms with Gasteiger partial charge in [-0.1, -0.05) is 18.2 Å². The molecule has 0 atom stereocenters. The summed E-state index contributed by atoms with van der Waals surface area (Å²) < 4.78 is 0. The highest BCUT2D eigenvalue weighted by molar-refractivity contribution is 5.98. The number of nitrogens with two attached hydrogens (primary N) is 1. The molecule has 2 aromatic heterocycles. The van der Waals surface area contributed by atoms with Crippen LogP contribution in [0.5, 0.6) is 0 Å². The Hall–Kier alpha value is -3.51. The van der Waals surface area contributed by atoms with E-state index >= 15 is 0 Å². The van der Waals surface area contributed by atoms with Crippen molar-refractivity contribution in [3.05, 3.63) is 47.3 Å². The smallest absolute Gasteiger partial charge is 0.163 e. The molecule has 0 unspecified atom stereocenters. The first-order valence-electron chi connectivity index (χ1n) is 6.17. The number of nitrogen functional groups attached to an aromatic ring is 1. The third-order valence-electron chi connectivity index (χ3n) is 3.22. The molecule has 0 aliphatic heterocycles. The summed E-state index contributed by atoms with van der Waals surface area (Å²) >= 11 is 0. The van der Waals surface area contributed by atoms with Gasteiger partial charge in [0, 0.05) is 22.7 Å². The molecule has 1 aromatic carbocycles. The first kappa shape index (κ1) is 12.5. The number of para-hydroxylation sites is 1. The van der Waals surface area contributed by atoms with Crippen molar-refractivity contribution in [2.75, 3.05) is 5.73 Å². The van der Waals surface area contributed by atoms with E-state index in [1.54, 1.807) is 6.08 Å². The van der Waals surface area contributed by atoms with Crippen LogP contribution in [0.3, 0.4) is 0 Å². The lowest BCUT2D eigenvalue weighted by atomic mass is 10.1. The Morgan fingerprint density at radius 3 is 2.86 bits per heavy atom. The third-order valence-corrected chi connectivity index (χ3v) is 3.22. The van der Waals surface area contributed by atoms with Crippen LogP contribution in [0.15, 0.2) is 30.5 Å². The van der Waals surface area contributed by atoms with Crippen molar-refractivity contribution in [3.63, 3.8) is 0 Å². The van der Waals surface area contributed by atoms with Crippen molar-refractivity contribution in [2.45, 2.75) is 0 Å². The molecule has 0 aliphatic rings. The van der Waals surface area contributed by atoms with E-state index in [1.165, 1.54) is 0 Å². The summed E-state index contributed by atoms with van der Waals surface area (Å²) in [5, 5.41) is 25.9. The predicted molar refractivity (Wildman–Crippen MR) is 79.5 cm³/mol. The molecule has 6 heteroatoms. The molecule has 0 amide bonds. The van der Waals surface area contributed by atoms with Crippen LogP contribution >= 0.6 is 0 Å². The second-order valence-corrected chi connectivity index (χ2v) is 4.43. The van der Waals surface area contributed by atoms with Crippen molar-refractivity contribution < 1.29 is 0 Å². The summed E-state index contributed by atoms with van der Waals surface area (Å²) in [5.41, 5.74) is 8.26. The van der Waals surface area contributed by atoms with E-state index in [-0.39, 0.29) is 11.4 Å². The van der Waals surface area contributed by atoms with Gasteiger partial charge in [-0.15, -0.1) is 0 Å². The van der Waals surface area contributed by atoms with E-state index in [4.69, 9.17) is 11.0 Å². The predicted octanol–water partition coefficient (Wildman–Crippen LogP) is 2.41. The van der Waals surface area contributed by atoms with Gasteiger partial charge in [-0.3, -0.25) is 5.10 Å². The van der Waals surface area contributed by atoms with Gasteiger partial charge in [-0.2, -0.15) is 15.6 Å². The molecule has 21 heavy (non-hydrogen) atoms. The Labute approximate surface area is 120 Å². The maximum Gasteiger partial charge on any atom is 0.163 e. The SMILES string of the molecule is N#C/C(=C/c1c[nH]c2ccccc12)c1[nH]nc(N)c1C#N. The second-order valence-electron chi connectivity index (χ2n) is 4.43. The van der Waals surface area contributed by atoms with Gasteiger partial charge in [0.05, 0.1) is 11.3 Å². The number of rotatable bonds is 2. The number of hydrogen-bond acceptors (Lipinski definition) is 4. The molecule has 3 aromatic rings. The Bertz CT molecular complexity index is 929. The van der Waals surface area contributed by atoms with Crippen molar-refractivity contribution in [1.29, 1.82) is 10.5 Å². The average Bonchev–Trinajstić information content (AvgIpc) is 3.08. The van der Waals surface area contributed by atoms with Crippen molar-refractivity contribution in [3.8, 4) is 12.1 Å². The lowest BCUT2D eigenvalue weighted by Crippen LogP contribution is -1.89. The van der Waals surface area contributed by atoms with Gasteiger partial charge in [-0.25, -0.2) is 0 Å². The van der Waals surface area contributed by atoms with Crippen molar-refractivity contribution in [2.24, 2.45) is 0 Å². The van der Waals surface area contributed by atoms with Crippen LogP contribution in [-0.4, -0.2) is 15.2 Å². The lowest BCUT2D eigenvalue weighted by molar-refractivity contribution is 1.08. The topological polar surface area (TPSA) is 118 Å². The minimum atomic E-state index is 0.0903. The molecule has 0 aliphatic carbocycles. The summed E-state index contributed by atoms with van der Waals surface area (Å²) in [4.78, 5) is 3.13. The second kappa shape index (κ2) is 4.87. The summed E-state index contributed by atoms with van der Waals surface area (Å²) in [6, 6.07) is 11.8. The van der Waals surface area contributed by atoms with Crippen LogP contribution in [0.25, 0.3) is 22.6 Å². The number of fused-ring (bicyclic) bond motifs is 1. The summed E-state index contributed by atoms with van der Waals surface area (Å²) in [6.07, 6.45) is 3.51. The van der Waals surface area contributed by atoms with Gasteiger partial charge >= 0.3 is 0 Å². The maximum atomic E-state index is 9.35. The number of hydrogen-bond donors (Lipinski definition) is 3. The number of nitrogens with one attached hydrogen (secondary N) is 2. The molecular weight excluding hydrogens is 264 g/mol. The maximum absolute atomic E-state index is 9.35. The van der Waals surface area contributed by atoms with E-state index < -0.39 is 0 Å². The van der Waals surface area contributed by atoms with E-state index in [9.17, 15) is 5.26 Å². The highest BCUT2D eigenvalue weighted by atomic mass is 15.2. The van der Waals surface area contributed by atoms with E-state index in [0.29, 0.717) is 11.3 Å². The van der Waals surface area contributed by atoms with Crippen LogP contribution in [0, 0.1) is 22.7 Å². The Balaban J connectivity index is 2.16. The van der Waals surface area contributed by atoms with Crippen LogP contribution in [0.1, 0.15) is 16.8 Å². The normalized spacial score (nSPS) is 11.2. The molecule has 100 valence electrons. The molecule has 0 spiro atoms. The molecule has 4 N–H and O–H groups in total. The fraction of sp³-hybridized carbons (Fsp3) is 0. The first-order chi connectivity index (χ1) is 10.2. The monoisotopic (exact) mass is 274 g/mol. The largest absolute Gasteiger partial charge is 0.381 e. The van der Waals surface area contributed by atoms with Crippen LogP contribution in [0.4, 0.5) is 5.82 Å². The van der Waals surface area contributed by atoms with E-state index in [0.717, 1.165) is 16.5 Å². The molecule has 0 saturated carbocycles. The zero-order chi connectivity index (χ0) is 14.8. The molecule has 0 fully saturated rings. The molecule has 3 rings (SSSR count). The Morgan fingerprint density at radius 1 is 1.29 bits per heavy atom. The number of aromatic amines is 2. The lowest BCUT2D eigenvalue weighted by Gasteiger charge is -1.96. The van der Waals surface area contributed by atoms with Crippen molar-refractivity contribution in [1.82, 2.24) is 15.2 Å². The third kappa shape index (κ3) is 2.01. The number of nitriles is 2. The average molecular weight is 274 g/mol. The van der Waals surface area contributed by atoms with Crippen LogP contribution in [-0.2, 0) is 0 Å². The Morgan fingerprint density at radius 2 is 2.10 bits per heavy atom. The van der Waals surface area contributed by atoms with Crippen LogP contribution in [0.2, 0.25) is 0 Å².